The molecule has 0 unspecified atom stereocenters. The normalized spacial score (nSPS) is 11.7. The van der Waals surface area contributed by atoms with Gasteiger partial charge in [-0.1, -0.05) is 38.1 Å². The number of rotatable bonds is 4. The molecule has 2 aromatic carbocycles. The van der Waals surface area contributed by atoms with E-state index in [9.17, 15) is 5.11 Å². The van der Waals surface area contributed by atoms with Crippen LogP contribution in [-0.4, -0.2) is 14.1 Å². The van der Waals surface area contributed by atoms with Gasteiger partial charge in [0.2, 0.25) is 9.04 Å². The van der Waals surface area contributed by atoms with E-state index in [2.05, 4.69) is 39.1 Å². The van der Waals surface area contributed by atoms with Crippen LogP contribution in [0.15, 0.2) is 48.5 Å². The van der Waals surface area contributed by atoms with E-state index in [0.717, 1.165) is 5.75 Å². The van der Waals surface area contributed by atoms with Gasteiger partial charge in [0.1, 0.15) is 11.5 Å². The smallest absolute Gasteiger partial charge is 0.229 e. The first-order chi connectivity index (χ1) is 9.39. The summed E-state index contributed by atoms with van der Waals surface area (Å²) in [6.45, 7) is 8.70. The molecule has 0 aliphatic carbocycles. The van der Waals surface area contributed by atoms with Crippen LogP contribution in [-0.2, 0) is 5.41 Å². The summed E-state index contributed by atoms with van der Waals surface area (Å²) in [7, 11) is -1.05. The number of benzene rings is 2. The minimum absolute atomic E-state index is 0.0957. The van der Waals surface area contributed by atoms with Gasteiger partial charge in [-0.3, -0.25) is 0 Å². The van der Waals surface area contributed by atoms with Crippen molar-refractivity contribution in [3.8, 4) is 11.5 Å². The summed E-state index contributed by atoms with van der Waals surface area (Å²) < 4.78 is 5.81. The molecule has 0 aliphatic rings. The maximum absolute atomic E-state index is 9.40. The number of phenols is 1. The van der Waals surface area contributed by atoms with Crippen molar-refractivity contribution in [2.24, 2.45) is 0 Å². The average molecular weight is 286 g/mol. The van der Waals surface area contributed by atoms with Gasteiger partial charge >= 0.3 is 0 Å². The van der Waals surface area contributed by atoms with Gasteiger partial charge in [0, 0.05) is 5.41 Å². The Bertz CT molecular complexity index is 557. The van der Waals surface area contributed by atoms with Crippen molar-refractivity contribution in [1.82, 2.24) is 0 Å². The van der Waals surface area contributed by atoms with Crippen molar-refractivity contribution in [2.45, 2.75) is 32.4 Å². The van der Waals surface area contributed by atoms with Gasteiger partial charge in [-0.25, -0.2) is 0 Å². The highest BCUT2D eigenvalue weighted by molar-refractivity contribution is 6.49. The highest BCUT2D eigenvalue weighted by Crippen LogP contribution is 2.33. The topological polar surface area (TPSA) is 29.5 Å². The molecule has 0 saturated heterocycles. The molecular weight excluding hydrogens is 264 g/mol. The summed E-state index contributed by atoms with van der Waals surface area (Å²) in [5, 5.41) is 9.40. The molecule has 2 rings (SSSR count). The quantitative estimate of drug-likeness (QED) is 0.858. The molecule has 2 nitrogen and oxygen atoms in total. The first-order valence-electron chi connectivity index (χ1n) is 6.96. The Morgan fingerprint density at radius 3 is 1.75 bits per heavy atom. The summed E-state index contributed by atoms with van der Waals surface area (Å²) in [5.74, 6) is 1.26. The van der Waals surface area contributed by atoms with Crippen molar-refractivity contribution in [3.05, 3.63) is 59.7 Å². The third kappa shape index (κ3) is 3.22. The van der Waals surface area contributed by atoms with Crippen LogP contribution in [0.3, 0.4) is 0 Å². The lowest BCUT2D eigenvalue weighted by molar-refractivity contribution is 0.474. The number of phenolic OH excluding ortho intramolecular Hbond substituents is 1. The molecule has 0 aliphatic heterocycles. The molecule has 0 heterocycles. The summed E-state index contributed by atoms with van der Waals surface area (Å²) in [5.41, 5.74) is 2.32. The number of aromatic hydroxyl groups is 1. The van der Waals surface area contributed by atoms with Crippen LogP contribution in [0.2, 0.25) is 13.1 Å². The second kappa shape index (κ2) is 5.71. The fourth-order valence-corrected chi connectivity index (χ4v) is 2.97. The molecule has 0 radical (unpaired) electrons. The van der Waals surface area contributed by atoms with Crippen molar-refractivity contribution < 1.29 is 9.53 Å². The molecule has 0 amide bonds. The van der Waals surface area contributed by atoms with Crippen molar-refractivity contribution in [1.29, 1.82) is 0 Å². The molecule has 3 heteroatoms. The standard InChI is InChI=1S/C17H22O2Si/c1-17(2,13-5-9-15(18)10-6-13)14-7-11-16(12-8-14)19-20(3)4/h5-12,18,20H,1-4H3. The number of hydrogen-bond acceptors (Lipinski definition) is 2. The predicted molar refractivity (Wildman–Crippen MR) is 86.2 cm³/mol. The molecule has 2 aromatic rings. The summed E-state index contributed by atoms with van der Waals surface area (Å²) in [6, 6.07) is 15.8. The summed E-state index contributed by atoms with van der Waals surface area (Å²) in [4.78, 5) is 0. The Morgan fingerprint density at radius 1 is 0.850 bits per heavy atom. The van der Waals surface area contributed by atoms with E-state index in [1.807, 2.05) is 24.3 Å². The molecule has 1 N–H and O–H groups in total. The Balaban J connectivity index is 2.27. The van der Waals surface area contributed by atoms with E-state index in [1.165, 1.54) is 11.1 Å². The van der Waals surface area contributed by atoms with Gasteiger partial charge in [0.05, 0.1) is 0 Å². The molecule has 0 atom stereocenters. The monoisotopic (exact) mass is 286 g/mol. The lowest BCUT2D eigenvalue weighted by atomic mass is 9.78. The Hall–Kier alpha value is -1.74. The fourth-order valence-electron chi connectivity index (χ4n) is 2.27. The molecule has 0 aromatic heterocycles. The van der Waals surface area contributed by atoms with E-state index in [1.54, 1.807) is 12.1 Å². The van der Waals surface area contributed by atoms with Crippen LogP contribution in [0.4, 0.5) is 0 Å². The second-order valence-electron chi connectivity index (χ2n) is 5.86. The lowest BCUT2D eigenvalue weighted by Gasteiger charge is -2.26. The van der Waals surface area contributed by atoms with Gasteiger partial charge in [0.15, 0.2) is 0 Å². The summed E-state index contributed by atoms with van der Waals surface area (Å²) in [6.07, 6.45) is 0. The lowest BCUT2D eigenvalue weighted by Crippen LogP contribution is -2.18. The Kier molecular flexibility index (Phi) is 4.19. The van der Waals surface area contributed by atoms with Crippen molar-refractivity contribution in [3.63, 3.8) is 0 Å². The SMILES string of the molecule is C[SiH](C)Oc1ccc(C(C)(C)c2ccc(O)cc2)cc1. The maximum Gasteiger partial charge on any atom is 0.229 e. The molecule has 106 valence electrons. The summed E-state index contributed by atoms with van der Waals surface area (Å²) >= 11 is 0. The van der Waals surface area contributed by atoms with E-state index >= 15 is 0 Å². The molecule has 0 bridgehead atoms. The minimum atomic E-state index is -1.05. The minimum Gasteiger partial charge on any atom is -0.547 e. The number of hydrogen-bond donors (Lipinski definition) is 1. The zero-order valence-corrected chi connectivity index (χ0v) is 13.7. The second-order valence-corrected chi connectivity index (χ2v) is 8.20. The maximum atomic E-state index is 9.40. The average Bonchev–Trinajstić information content (AvgIpc) is 2.39. The Morgan fingerprint density at radius 2 is 1.30 bits per heavy atom. The van der Waals surface area contributed by atoms with Crippen LogP contribution in [0.1, 0.15) is 25.0 Å². The highest BCUT2D eigenvalue weighted by Gasteiger charge is 2.23. The van der Waals surface area contributed by atoms with Crippen LogP contribution < -0.4 is 4.43 Å². The zero-order chi connectivity index (χ0) is 14.8. The molecule has 0 spiro atoms. The third-order valence-electron chi connectivity index (χ3n) is 3.54. The molecular formula is C17H22O2Si. The predicted octanol–water partition coefficient (Wildman–Crippen LogP) is 4.08. The first kappa shape index (κ1) is 14.7. The van der Waals surface area contributed by atoms with Gasteiger partial charge in [-0.2, -0.15) is 0 Å². The Labute approximate surface area is 122 Å². The largest absolute Gasteiger partial charge is 0.547 e. The van der Waals surface area contributed by atoms with Crippen LogP contribution in [0.25, 0.3) is 0 Å². The van der Waals surface area contributed by atoms with Gasteiger partial charge in [-0.15, -0.1) is 0 Å². The fraction of sp³-hybridized carbons (Fsp3) is 0.294. The van der Waals surface area contributed by atoms with E-state index in [0.29, 0.717) is 5.75 Å². The van der Waals surface area contributed by atoms with Crippen LogP contribution in [0.5, 0.6) is 11.5 Å². The van der Waals surface area contributed by atoms with E-state index < -0.39 is 9.04 Å². The van der Waals surface area contributed by atoms with Crippen molar-refractivity contribution >= 4 is 9.04 Å². The van der Waals surface area contributed by atoms with Crippen LogP contribution >= 0.6 is 0 Å². The van der Waals surface area contributed by atoms with E-state index in [-0.39, 0.29) is 5.41 Å². The highest BCUT2D eigenvalue weighted by atomic mass is 28.3. The molecule has 0 saturated carbocycles. The molecule has 20 heavy (non-hydrogen) atoms. The first-order valence-corrected chi connectivity index (χ1v) is 9.74. The van der Waals surface area contributed by atoms with Crippen molar-refractivity contribution in [2.75, 3.05) is 0 Å². The van der Waals surface area contributed by atoms with Gasteiger partial charge in [-0.05, 0) is 48.5 Å². The van der Waals surface area contributed by atoms with Gasteiger partial charge < -0.3 is 9.53 Å². The third-order valence-corrected chi connectivity index (χ3v) is 4.28. The van der Waals surface area contributed by atoms with Gasteiger partial charge in [0.25, 0.3) is 0 Å². The van der Waals surface area contributed by atoms with E-state index in [4.69, 9.17) is 4.43 Å². The molecule has 0 fully saturated rings. The van der Waals surface area contributed by atoms with Crippen LogP contribution in [0, 0.1) is 0 Å². The zero-order valence-electron chi connectivity index (χ0n) is 12.6.